The Hall–Kier alpha value is -3.28. The van der Waals surface area contributed by atoms with Gasteiger partial charge < -0.3 is 9.32 Å². The van der Waals surface area contributed by atoms with Gasteiger partial charge in [-0.05, 0) is 44.0 Å². The van der Waals surface area contributed by atoms with E-state index in [1.807, 2.05) is 49.4 Å². The Morgan fingerprint density at radius 2 is 1.59 bits per heavy atom. The van der Waals surface area contributed by atoms with Gasteiger partial charge in [-0.15, -0.1) is 10.2 Å². The first-order valence-corrected chi connectivity index (χ1v) is 9.20. The van der Waals surface area contributed by atoms with Crippen molar-refractivity contribution in [3.8, 4) is 23.2 Å². The van der Waals surface area contributed by atoms with Gasteiger partial charge >= 0.3 is 0 Å². The van der Waals surface area contributed by atoms with Gasteiger partial charge in [0, 0.05) is 24.0 Å². The van der Waals surface area contributed by atoms with E-state index in [0.29, 0.717) is 17.6 Å². The fourth-order valence-electron chi connectivity index (χ4n) is 3.45. The number of hydrogen-bond donors (Lipinski definition) is 0. The topological polar surface area (TPSA) is 67.9 Å². The number of nitrogens with zero attached hydrogens (tertiary/aromatic N) is 5. The SMILES string of the molecule is Cc1ccc(-c2nnc(-c3nc(N4CCCC4)c4ccccc4n3)o2)cc1. The maximum absolute atomic E-state index is 5.90. The van der Waals surface area contributed by atoms with Crippen LogP contribution in [0.4, 0.5) is 5.82 Å². The first kappa shape index (κ1) is 15.9. The fourth-order valence-corrected chi connectivity index (χ4v) is 3.45. The van der Waals surface area contributed by atoms with E-state index < -0.39 is 0 Å². The minimum atomic E-state index is 0.344. The van der Waals surface area contributed by atoms with Crippen LogP contribution in [0.3, 0.4) is 0 Å². The highest BCUT2D eigenvalue weighted by molar-refractivity contribution is 5.90. The molecule has 0 saturated carbocycles. The van der Waals surface area contributed by atoms with Crippen LogP contribution >= 0.6 is 0 Å². The Morgan fingerprint density at radius 3 is 2.41 bits per heavy atom. The number of aryl methyl sites for hydroxylation is 1. The smallest absolute Gasteiger partial charge is 0.286 e. The van der Waals surface area contributed by atoms with Gasteiger partial charge in [0.15, 0.2) is 0 Å². The number of benzene rings is 2. The van der Waals surface area contributed by atoms with Crippen molar-refractivity contribution in [3.05, 3.63) is 54.1 Å². The number of para-hydroxylation sites is 1. The summed E-state index contributed by atoms with van der Waals surface area (Å²) in [5.74, 6) is 2.24. The summed E-state index contributed by atoms with van der Waals surface area (Å²) in [5, 5.41) is 9.45. The highest BCUT2D eigenvalue weighted by Gasteiger charge is 2.21. The van der Waals surface area contributed by atoms with Crippen molar-refractivity contribution in [2.45, 2.75) is 19.8 Å². The van der Waals surface area contributed by atoms with E-state index in [-0.39, 0.29) is 0 Å². The van der Waals surface area contributed by atoms with Gasteiger partial charge in [0.05, 0.1) is 5.52 Å². The lowest BCUT2D eigenvalue weighted by atomic mass is 10.1. The summed E-state index contributed by atoms with van der Waals surface area (Å²) in [7, 11) is 0. The minimum Gasteiger partial charge on any atom is -0.413 e. The van der Waals surface area contributed by atoms with Crippen LogP contribution in [0.2, 0.25) is 0 Å². The highest BCUT2D eigenvalue weighted by atomic mass is 16.4. The van der Waals surface area contributed by atoms with Crippen molar-refractivity contribution >= 4 is 16.7 Å². The molecule has 1 saturated heterocycles. The molecule has 134 valence electrons. The molecule has 4 aromatic rings. The quantitative estimate of drug-likeness (QED) is 0.546. The van der Waals surface area contributed by atoms with Crippen LogP contribution in [-0.2, 0) is 0 Å². The third-order valence-corrected chi connectivity index (χ3v) is 4.90. The fraction of sp³-hybridized carbons (Fsp3) is 0.238. The molecule has 0 N–H and O–H groups in total. The first-order valence-electron chi connectivity index (χ1n) is 9.20. The summed E-state index contributed by atoms with van der Waals surface area (Å²) in [5.41, 5.74) is 2.96. The molecule has 6 nitrogen and oxygen atoms in total. The zero-order valence-electron chi connectivity index (χ0n) is 15.1. The summed E-state index contributed by atoms with van der Waals surface area (Å²) in [6, 6.07) is 16.1. The van der Waals surface area contributed by atoms with E-state index in [1.165, 1.54) is 18.4 Å². The van der Waals surface area contributed by atoms with Gasteiger partial charge in [-0.3, -0.25) is 0 Å². The largest absolute Gasteiger partial charge is 0.413 e. The highest BCUT2D eigenvalue weighted by Crippen LogP contribution is 2.30. The Kier molecular flexibility index (Phi) is 3.81. The van der Waals surface area contributed by atoms with E-state index in [0.717, 1.165) is 35.4 Å². The Morgan fingerprint density at radius 1 is 0.852 bits per heavy atom. The van der Waals surface area contributed by atoms with E-state index in [4.69, 9.17) is 9.40 Å². The van der Waals surface area contributed by atoms with Crippen LogP contribution in [0.25, 0.3) is 34.1 Å². The molecule has 2 aromatic heterocycles. The Bertz CT molecular complexity index is 1100. The zero-order chi connectivity index (χ0) is 18.2. The Balaban J connectivity index is 1.60. The van der Waals surface area contributed by atoms with Crippen LogP contribution in [-0.4, -0.2) is 33.3 Å². The average Bonchev–Trinajstić information content (AvgIpc) is 3.40. The predicted molar refractivity (Wildman–Crippen MR) is 104 cm³/mol. The molecular formula is C21H19N5O. The third-order valence-electron chi connectivity index (χ3n) is 4.90. The molecule has 3 heterocycles. The van der Waals surface area contributed by atoms with Crippen molar-refractivity contribution in [3.63, 3.8) is 0 Å². The van der Waals surface area contributed by atoms with Crippen molar-refractivity contribution < 1.29 is 4.42 Å². The summed E-state index contributed by atoms with van der Waals surface area (Å²) in [6.45, 7) is 4.07. The lowest BCUT2D eigenvalue weighted by Gasteiger charge is -2.18. The second-order valence-corrected chi connectivity index (χ2v) is 6.86. The molecule has 0 radical (unpaired) electrons. The molecule has 0 bridgehead atoms. The number of rotatable bonds is 3. The molecule has 5 rings (SSSR count). The number of hydrogen-bond acceptors (Lipinski definition) is 6. The van der Waals surface area contributed by atoms with Crippen LogP contribution in [0.5, 0.6) is 0 Å². The van der Waals surface area contributed by atoms with Gasteiger partial charge in [-0.25, -0.2) is 9.97 Å². The summed E-state index contributed by atoms with van der Waals surface area (Å²) in [6.07, 6.45) is 2.37. The minimum absolute atomic E-state index is 0.344. The van der Waals surface area contributed by atoms with Gasteiger partial charge in [0.1, 0.15) is 5.82 Å². The van der Waals surface area contributed by atoms with Crippen molar-refractivity contribution in [1.29, 1.82) is 0 Å². The molecule has 27 heavy (non-hydrogen) atoms. The molecule has 1 aliphatic rings. The van der Waals surface area contributed by atoms with E-state index in [9.17, 15) is 0 Å². The summed E-state index contributed by atoms with van der Waals surface area (Å²) < 4.78 is 5.90. The third kappa shape index (κ3) is 2.93. The van der Waals surface area contributed by atoms with Gasteiger partial charge in [0.2, 0.25) is 11.7 Å². The molecule has 2 aromatic carbocycles. The number of fused-ring (bicyclic) bond motifs is 1. The molecule has 0 amide bonds. The van der Waals surface area contributed by atoms with Crippen LogP contribution < -0.4 is 4.90 Å². The molecule has 1 fully saturated rings. The van der Waals surface area contributed by atoms with Crippen LogP contribution in [0.1, 0.15) is 18.4 Å². The Labute approximate surface area is 156 Å². The van der Waals surface area contributed by atoms with Crippen LogP contribution in [0.15, 0.2) is 52.9 Å². The summed E-state index contributed by atoms with van der Waals surface area (Å²) in [4.78, 5) is 11.8. The second-order valence-electron chi connectivity index (χ2n) is 6.86. The lowest BCUT2D eigenvalue weighted by molar-refractivity contribution is 0.579. The molecule has 0 atom stereocenters. The molecule has 0 aliphatic carbocycles. The second kappa shape index (κ2) is 6.46. The maximum atomic E-state index is 5.90. The summed E-state index contributed by atoms with van der Waals surface area (Å²) >= 11 is 0. The van der Waals surface area contributed by atoms with E-state index in [1.54, 1.807) is 0 Å². The van der Waals surface area contributed by atoms with Gasteiger partial charge in [0.25, 0.3) is 5.89 Å². The first-order chi connectivity index (χ1) is 13.3. The normalized spacial score (nSPS) is 14.2. The van der Waals surface area contributed by atoms with Gasteiger partial charge in [-0.2, -0.15) is 0 Å². The van der Waals surface area contributed by atoms with Gasteiger partial charge in [-0.1, -0.05) is 29.8 Å². The number of aromatic nitrogens is 4. The zero-order valence-corrected chi connectivity index (χ0v) is 15.1. The molecule has 1 aliphatic heterocycles. The molecule has 0 unspecified atom stereocenters. The predicted octanol–water partition coefficient (Wildman–Crippen LogP) is 4.26. The monoisotopic (exact) mass is 357 g/mol. The lowest BCUT2D eigenvalue weighted by Crippen LogP contribution is -2.20. The molecular weight excluding hydrogens is 338 g/mol. The standard InChI is InChI=1S/C21H19N5O/c1-14-8-10-15(11-9-14)20-24-25-21(27-20)18-22-17-7-3-2-6-16(17)19(23-18)26-12-4-5-13-26/h2-3,6-11H,4-5,12-13H2,1H3. The average molecular weight is 357 g/mol. The molecule has 0 spiro atoms. The molecule has 6 heteroatoms. The van der Waals surface area contributed by atoms with E-state index in [2.05, 4.69) is 26.1 Å². The number of anilines is 1. The van der Waals surface area contributed by atoms with Crippen molar-refractivity contribution in [2.75, 3.05) is 18.0 Å². The van der Waals surface area contributed by atoms with Crippen molar-refractivity contribution in [2.24, 2.45) is 0 Å². The van der Waals surface area contributed by atoms with Crippen molar-refractivity contribution in [1.82, 2.24) is 20.2 Å². The van der Waals surface area contributed by atoms with Crippen LogP contribution in [0, 0.1) is 6.92 Å². The van der Waals surface area contributed by atoms with E-state index >= 15 is 0 Å². The maximum Gasteiger partial charge on any atom is 0.286 e.